The van der Waals surface area contributed by atoms with Crippen LogP contribution < -0.4 is 4.90 Å². The van der Waals surface area contributed by atoms with Crippen molar-refractivity contribution in [3.05, 3.63) is 23.4 Å². The number of aromatic nitrogens is 1. The number of pyridine rings is 1. The predicted molar refractivity (Wildman–Crippen MR) is 129 cm³/mol. The highest BCUT2D eigenvalue weighted by molar-refractivity contribution is 5.95. The summed E-state index contributed by atoms with van der Waals surface area (Å²) in [6.45, 7) is 6.98. The number of fused-ring (bicyclic) bond motifs is 1. The number of carbonyl (C=O) groups is 1. The first-order chi connectivity index (χ1) is 14.8. The van der Waals surface area contributed by atoms with Crippen LogP contribution in [0.4, 0.5) is 10.6 Å². The SMILES string of the molecule is C#Cc1cc(CCCCCCCCCC(C)(C)C)cnc1N1C(=O)N(C)C2CCCC21. The maximum absolute atomic E-state index is 12.8. The molecular weight excluding hydrogens is 382 g/mol. The molecule has 4 heteroatoms. The molecule has 1 saturated heterocycles. The molecule has 0 spiro atoms. The van der Waals surface area contributed by atoms with Gasteiger partial charge in [0, 0.05) is 13.2 Å². The summed E-state index contributed by atoms with van der Waals surface area (Å²) >= 11 is 0. The van der Waals surface area contributed by atoms with Crippen molar-refractivity contribution >= 4 is 11.8 Å². The first-order valence-electron chi connectivity index (χ1n) is 12.3. The van der Waals surface area contributed by atoms with Gasteiger partial charge >= 0.3 is 6.03 Å². The third kappa shape index (κ3) is 6.03. The minimum absolute atomic E-state index is 0.0361. The van der Waals surface area contributed by atoms with E-state index < -0.39 is 0 Å². The Balaban J connectivity index is 1.45. The van der Waals surface area contributed by atoms with Gasteiger partial charge in [-0.25, -0.2) is 9.78 Å². The summed E-state index contributed by atoms with van der Waals surface area (Å²) in [7, 11) is 1.90. The zero-order valence-electron chi connectivity index (χ0n) is 20.1. The lowest BCUT2D eigenvalue weighted by Crippen LogP contribution is -2.35. The highest BCUT2D eigenvalue weighted by Crippen LogP contribution is 2.38. The standard InChI is InChI=1S/C27H41N3O/c1-6-22-19-21(15-12-10-8-7-9-11-13-18-27(2,3)4)20-28-25(22)30-24-17-14-16-23(24)29(5)26(30)31/h1,19-20,23-24H,7-18H2,2-5H3. The maximum Gasteiger partial charge on any atom is 0.326 e. The number of hydrogen-bond donors (Lipinski definition) is 0. The smallest absolute Gasteiger partial charge is 0.322 e. The number of terminal acetylenes is 1. The summed E-state index contributed by atoms with van der Waals surface area (Å²) in [6, 6.07) is 2.62. The van der Waals surface area contributed by atoms with Gasteiger partial charge in [-0.2, -0.15) is 0 Å². The van der Waals surface area contributed by atoms with E-state index in [1.54, 1.807) is 0 Å². The van der Waals surface area contributed by atoms with Gasteiger partial charge in [-0.3, -0.25) is 4.90 Å². The largest absolute Gasteiger partial charge is 0.326 e. The number of carbonyl (C=O) groups excluding carboxylic acids is 1. The van der Waals surface area contributed by atoms with Crippen LogP contribution in [0.1, 0.15) is 103 Å². The zero-order valence-corrected chi connectivity index (χ0v) is 20.1. The molecular formula is C27H41N3O. The second-order valence-corrected chi connectivity index (χ2v) is 10.7. The van der Waals surface area contributed by atoms with Crippen LogP contribution >= 0.6 is 0 Å². The van der Waals surface area contributed by atoms with E-state index in [1.807, 2.05) is 23.0 Å². The van der Waals surface area contributed by atoms with Crippen LogP contribution in [0.2, 0.25) is 0 Å². The van der Waals surface area contributed by atoms with Gasteiger partial charge in [-0.05, 0) is 55.6 Å². The van der Waals surface area contributed by atoms with Crippen LogP contribution in [0.15, 0.2) is 12.3 Å². The van der Waals surface area contributed by atoms with E-state index in [0.29, 0.717) is 17.3 Å². The third-order valence-electron chi connectivity index (χ3n) is 6.98. The molecule has 2 heterocycles. The Morgan fingerprint density at radius 3 is 2.39 bits per heavy atom. The van der Waals surface area contributed by atoms with Crippen molar-refractivity contribution in [1.29, 1.82) is 0 Å². The highest BCUT2D eigenvalue weighted by Gasteiger charge is 2.47. The molecule has 2 aliphatic rings. The molecule has 1 aromatic rings. The quantitative estimate of drug-likeness (QED) is 0.315. The van der Waals surface area contributed by atoms with E-state index in [9.17, 15) is 4.79 Å². The van der Waals surface area contributed by atoms with Gasteiger partial charge in [0.15, 0.2) is 5.82 Å². The number of hydrogen-bond acceptors (Lipinski definition) is 2. The molecule has 170 valence electrons. The van der Waals surface area contributed by atoms with Crippen LogP contribution in [0.25, 0.3) is 0 Å². The van der Waals surface area contributed by atoms with E-state index in [4.69, 9.17) is 6.42 Å². The third-order valence-corrected chi connectivity index (χ3v) is 6.98. The Hall–Kier alpha value is -2.02. The molecule has 31 heavy (non-hydrogen) atoms. The monoisotopic (exact) mass is 423 g/mol. The maximum atomic E-state index is 12.8. The fraction of sp³-hybridized carbons (Fsp3) is 0.704. The molecule has 0 bridgehead atoms. The predicted octanol–water partition coefficient (Wildman–Crippen LogP) is 6.57. The molecule has 2 fully saturated rings. The average molecular weight is 424 g/mol. The second-order valence-electron chi connectivity index (χ2n) is 10.7. The molecule has 2 unspecified atom stereocenters. The van der Waals surface area contributed by atoms with Gasteiger partial charge in [-0.15, -0.1) is 6.42 Å². The van der Waals surface area contributed by atoms with Crippen molar-refractivity contribution in [1.82, 2.24) is 9.88 Å². The van der Waals surface area contributed by atoms with Crippen LogP contribution in [0.3, 0.4) is 0 Å². The summed E-state index contributed by atoms with van der Waals surface area (Å²) in [4.78, 5) is 21.2. The van der Waals surface area contributed by atoms with Crippen molar-refractivity contribution in [3.63, 3.8) is 0 Å². The summed E-state index contributed by atoms with van der Waals surface area (Å²) in [5.74, 6) is 3.47. The normalized spacial score (nSPS) is 20.9. The second kappa shape index (κ2) is 10.5. The summed E-state index contributed by atoms with van der Waals surface area (Å²) in [5, 5.41) is 0. The molecule has 3 rings (SSSR count). The fourth-order valence-electron chi connectivity index (χ4n) is 5.18. The van der Waals surface area contributed by atoms with Gasteiger partial charge in [0.05, 0.1) is 17.6 Å². The molecule has 1 aliphatic heterocycles. The molecule has 1 aliphatic carbocycles. The Morgan fingerprint density at radius 2 is 1.71 bits per heavy atom. The van der Waals surface area contributed by atoms with E-state index in [0.717, 1.165) is 31.2 Å². The Bertz CT molecular complexity index is 789. The number of amides is 2. The number of unbranched alkanes of at least 4 members (excludes halogenated alkanes) is 6. The van der Waals surface area contributed by atoms with Crippen molar-refractivity contribution in [3.8, 4) is 12.3 Å². The summed E-state index contributed by atoms with van der Waals surface area (Å²) in [6.07, 6.45) is 22.5. The Morgan fingerprint density at radius 1 is 1.06 bits per heavy atom. The lowest BCUT2D eigenvalue weighted by atomic mass is 9.89. The number of nitrogens with zero attached hydrogens (tertiary/aromatic N) is 3. The lowest BCUT2D eigenvalue weighted by Gasteiger charge is -2.22. The van der Waals surface area contributed by atoms with Crippen LogP contribution in [-0.2, 0) is 6.42 Å². The van der Waals surface area contributed by atoms with Crippen molar-refractivity contribution in [2.45, 2.75) is 110 Å². The topological polar surface area (TPSA) is 36.4 Å². The number of anilines is 1. The van der Waals surface area contributed by atoms with E-state index in [2.05, 4.69) is 37.7 Å². The Labute approximate surface area is 189 Å². The fourth-order valence-corrected chi connectivity index (χ4v) is 5.18. The number of likely N-dealkylation sites (N-methyl/N-ethyl adjacent to an activating group) is 1. The number of urea groups is 1. The molecule has 0 aromatic carbocycles. The molecule has 2 amide bonds. The Kier molecular flexibility index (Phi) is 8.03. The average Bonchev–Trinajstić information content (AvgIpc) is 3.29. The van der Waals surface area contributed by atoms with Crippen LogP contribution in [0, 0.1) is 17.8 Å². The van der Waals surface area contributed by atoms with Gasteiger partial charge in [0.25, 0.3) is 0 Å². The van der Waals surface area contributed by atoms with Crippen molar-refractivity contribution in [2.75, 3.05) is 11.9 Å². The zero-order chi connectivity index (χ0) is 22.4. The molecule has 0 N–H and O–H groups in total. The summed E-state index contributed by atoms with van der Waals surface area (Å²) < 4.78 is 0. The highest BCUT2D eigenvalue weighted by atomic mass is 16.2. The number of rotatable bonds is 10. The molecule has 4 nitrogen and oxygen atoms in total. The lowest BCUT2D eigenvalue weighted by molar-refractivity contribution is 0.218. The van der Waals surface area contributed by atoms with E-state index in [1.165, 1.54) is 56.9 Å². The summed E-state index contributed by atoms with van der Waals surface area (Å²) in [5.41, 5.74) is 2.41. The molecule has 1 saturated carbocycles. The van der Waals surface area contributed by atoms with Crippen LogP contribution in [-0.4, -0.2) is 35.0 Å². The van der Waals surface area contributed by atoms with E-state index in [-0.39, 0.29) is 12.1 Å². The van der Waals surface area contributed by atoms with E-state index >= 15 is 0 Å². The molecule has 2 atom stereocenters. The first-order valence-corrected chi connectivity index (χ1v) is 12.3. The van der Waals surface area contributed by atoms with Gasteiger partial charge in [0.2, 0.25) is 0 Å². The van der Waals surface area contributed by atoms with Gasteiger partial charge in [-0.1, -0.05) is 65.2 Å². The molecule has 0 radical (unpaired) electrons. The minimum Gasteiger partial charge on any atom is -0.322 e. The van der Waals surface area contributed by atoms with Crippen molar-refractivity contribution < 1.29 is 4.79 Å². The first kappa shape index (κ1) is 23.6. The van der Waals surface area contributed by atoms with Gasteiger partial charge < -0.3 is 4.90 Å². The van der Waals surface area contributed by atoms with Crippen molar-refractivity contribution in [2.24, 2.45) is 5.41 Å². The van der Waals surface area contributed by atoms with Gasteiger partial charge in [0.1, 0.15) is 0 Å². The van der Waals surface area contributed by atoms with Crippen LogP contribution in [0.5, 0.6) is 0 Å². The number of aryl methyl sites for hydroxylation is 1. The minimum atomic E-state index is 0.0361. The molecule has 1 aromatic heterocycles.